The summed E-state index contributed by atoms with van der Waals surface area (Å²) in [4.78, 5) is 4.04. The van der Waals surface area contributed by atoms with E-state index in [2.05, 4.69) is 15.2 Å². The van der Waals surface area contributed by atoms with Gasteiger partial charge in [-0.15, -0.1) is 10.2 Å². The normalized spacial score (nSPS) is 10.3. The van der Waals surface area contributed by atoms with Crippen molar-refractivity contribution in [2.75, 3.05) is 5.73 Å². The topological polar surface area (TPSA) is 64.7 Å². The number of rotatable bonds is 1. The smallest absolute Gasteiger partial charge is 0.154 e. The molecule has 0 atom stereocenters. The SMILES string of the molecule is Cc1nnc(-c2ccc(Cl)cc2)c(N)n1. The van der Waals surface area contributed by atoms with Gasteiger partial charge in [-0.25, -0.2) is 4.98 Å². The van der Waals surface area contributed by atoms with Crippen LogP contribution in [0, 0.1) is 6.92 Å². The molecule has 5 heteroatoms. The summed E-state index contributed by atoms with van der Waals surface area (Å²) in [6.45, 7) is 1.75. The van der Waals surface area contributed by atoms with E-state index in [0.717, 1.165) is 5.56 Å². The van der Waals surface area contributed by atoms with E-state index in [0.29, 0.717) is 22.4 Å². The minimum absolute atomic E-state index is 0.379. The third-order valence-electron chi connectivity index (χ3n) is 1.94. The number of nitrogens with two attached hydrogens (primary N) is 1. The molecule has 0 aliphatic heterocycles. The molecule has 0 spiro atoms. The fraction of sp³-hybridized carbons (Fsp3) is 0.100. The van der Waals surface area contributed by atoms with Crippen LogP contribution in [0.3, 0.4) is 0 Å². The van der Waals surface area contributed by atoms with Gasteiger partial charge in [0.05, 0.1) is 0 Å². The average molecular weight is 221 g/mol. The summed E-state index contributed by atoms with van der Waals surface area (Å²) in [6, 6.07) is 7.22. The maximum Gasteiger partial charge on any atom is 0.154 e. The molecule has 0 bridgehead atoms. The van der Waals surface area contributed by atoms with Gasteiger partial charge < -0.3 is 5.73 Å². The van der Waals surface area contributed by atoms with Gasteiger partial charge in [0.25, 0.3) is 0 Å². The Balaban J connectivity index is 2.49. The van der Waals surface area contributed by atoms with Crippen LogP contribution in [0.4, 0.5) is 5.82 Å². The van der Waals surface area contributed by atoms with Crippen molar-refractivity contribution in [2.45, 2.75) is 6.92 Å². The Bertz CT molecular complexity index is 481. The van der Waals surface area contributed by atoms with Crippen LogP contribution in [0.1, 0.15) is 5.82 Å². The van der Waals surface area contributed by atoms with E-state index in [4.69, 9.17) is 17.3 Å². The summed E-state index contributed by atoms with van der Waals surface area (Å²) in [6.07, 6.45) is 0. The van der Waals surface area contributed by atoms with E-state index in [9.17, 15) is 0 Å². The molecule has 1 aromatic carbocycles. The van der Waals surface area contributed by atoms with E-state index in [1.54, 1.807) is 19.1 Å². The number of nitrogen functional groups attached to an aromatic ring is 1. The summed E-state index contributed by atoms with van der Waals surface area (Å²) in [7, 11) is 0. The number of hydrogen-bond acceptors (Lipinski definition) is 4. The molecule has 0 aliphatic rings. The number of halogens is 1. The molecular weight excluding hydrogens is 212 g/mol. The van der Waals surface area contributed by atoms with Crippen molar-refractivity contribution in [3.05, 3.63) is 35.1 Å². The highest BCUT2D eigenvalue weighted by Crippen LogP contribution is 2.22. The molecule has 1 aromatic heterocycles. The molecule has 2 rings (SSSR count). The first-order valence-corrected chi connectivity index (χ1v) is 4.77. The molecule has 0 radical (unpaired) electrons. The van der Waals surface area contributed by atoms with Crippen LogP contribution < -0.4 is 5.73 Å². The number of aryl methyl sites for hydroxylation is 1. The lowest BCUT2D eigenvalue weighted by atomic mass is 10.1. The van der Waals surface area contributed by atoms with Crippen LogP contribution >= 0.6 is 11.6 Å². The molecule has 0 fully saturated rings. The molecule has 4 nitrogen and oxygen atoms in total. The average Bonchev–Trinajstić information content (AvgIpc) is 2.20. The Kier molecular flexibility index (Phi) is 2.51. The van der Waals surface area contributed by atoms with E-state index in [-0.39, 0.29) is 0 Å². The molecular formula is C10H9ClN4. The zero-order valence-electron chi connectivity index (χ0n) is 8.11. The Morgan fingerprint density at radius 2 is 1.80 bits per heavy atom. The van der Waals surface area contributed by atoms with Crippen LogP contribution in [0.2, 0.25) is 5.02 Å². The van der Waals surface area contributed by atoms with Crippen molar-refractivity contribution in [2.24, 2.45) is 0 Å². The van der Waals surface area contributed by atoms with Crippen molar-refractivity contribution in [3.8, 4) is 11.3 Å². The summed E-state index contributed by atoms with van der Waals surface area (Å²) in [5.41, 5.74) is 7.18. The van der Waals surface area contributed by atoms with Crippen molar-refractivity contribution >= 4 is 17.4 Å². The second-order valence-corrected chi connectivity index (χ2v) is 3.54. The molecule has 15 heavy (non-hydrogen) atoms. The lowest BCUT2D eigenvalue weighted by Crippen LogP contribution is -2.01. The largest absolute Gasteiger partial charge is 0.382 e. The quantitative estimate of drug-likeness (QED) is 0.799. The zero-order chi connectivity index (χ0) is 10.8. The highest BCUT2D eigenvalue weighted by atomic mass is 35.5. The predicted octanol–water partition coefficient (Wildman–Crippen LogP) is 2.08. The number of anilines is 1. The predicted molar refractivity (Wildman–Crippen MR) is 59.4 cm³/mol. The molecule has 2 N–H and O–H groups in total. The molecule has 0 saturated carbocycles. The summed E-state index contributed by atoms with van der Waals surface area (Å²) in [5, 5.41) is 8.53. The first-order chi connectivity index (χ1) is 7.16. The molecule has 0 aliphatic carbocycles. The number of hydrogen-bond donors (Lipinski definition) is 1. The van der Waals surface area contributed by atoms with Crippen LogP contribution in [0.5, 0.6) is 0 Å². The number of nitrogens with zero attached hydrogens (tertiary/aromatic N) is 3. The van der Waals surface area contributed by atoms with Crippen molar-refractivity contribution < 1.29 is 0 Å². The number of aromatic nitrogens is 3. The lowest BCUT2D eigenvalue weighted by Gasteiger charge is -2.03. The second-order valence-electron chi connectivity index (χ2n) is 3.10. The van der Waals surface area contributed by atoms with Gasteiger partial charge in [0, 0.05) is 10.6 Å². The van der Waals surface area contributed by atoms with E-state index in [1.807, 2.05) is 12.1 Å². The number of benzene rings is 1. The monoisotopic (exact) mass is 220 g/mol. The molecule has 0 saturated heterocycles. The van der Waals surface area contributed by atoms with Gasteiger partial charge in [-0.2, -0.15) is 0 Å². The first kappa shape index (κ1) is 9.86. The Hall–Kier alpha value is -1.68. The lowest BCUT2D eigenvalue weighted by molar-refractivity contribution is 0.920. The summed E-state index contributed by atoms with van der Waals surface area (Å²) < 4.78 is 0. The Labute approximate surface area is 92.1 Å². The van der Waals surface area contributed by atoms with E-state index < -0.39 is 0 Å². The molecule has 76 valence electrons. The van der Waals surface area contributed by atoms with Gasteiger partial charge in [-0.1, -0.05) is 23.7 Å². The van der Waals surface area contributed by atoms with Gasteiger partial charge in [0.15, 0.2) is 5.82 Å². The fourth-order valence-electron chi connectivity index (χ4n) is 1.24. The maximum atomic E-state index is 5.78. The molecule has 1 heterocycles. The third-order valence-corrected chi connectivity index (χ3v) is 2.19. The van der Waals surface area contributed by atoms with Gasteiger partial charge in [0.2, 0.25) is 0 Å². The van der Waals surface area contributed by atoms with Gasteiger partial charge in [0.1, 0.15) is 11.5 Å². The van der Waals surface area contributed by atoms with Crippen molar-refractivity contribution in [3.63, 3.8) is 0 Å². The fourth-order valence-corrected chi connectivity index (χ4v) is 1.36. The van der Waals surface area contributed by atoms with Gasteiger partial charge >= 0.3 is 0 Å². The summed E-state index contributed by atoms with van der Waals surface area (Å²) in [5.74, 6) is 0.940. The highest BCUT2D eigenvalue weighted by molar-refractivity contribution is 6.30. The molecule has 0 amide bonds. The minimum atomic E-state index is 0.379. The second kappa shape index (κ2) is 3.82. The van der Waals surface area contributed by atoms with Crippen LogP contribution in [0.15, 0.2) is 24.3 Å². The first-order valence-electron chi connectivity index (χ1n) is 4.39. The highest BCUT2D eigenvalue weighted by Gasteiger charge is 2.06. The van der Waals surface area contributed by atoms with Crippen molar-refractivity contribution in [1.82, 2.24) is 15.2 Å². The van der Waals surface area contributed by atoms with E-state index in [1.165, 1.54) is 0 Å². The van der Waals surface area contributed by atoms with Crippen LogP contribution in [-0.2, 0) is 0 Å². The minimum Gasteiger partial charge on any atom is -0.382 e. The standard InChI is InChI=1S/C10H9ClN4/c1-6-13-10(12)9(15-14-6)7-2-4-8(11)5-3-7/h2-5H,1H3,(H2,12,13,14). The van der Waals surface area contributed by atoms with E-state index >= 15 is 0 Å². The third kappa shape index (κ3) is 2.05. The van der Waals surface area contributed by atoms with Crippen LogP contribution in [-0.4, -0.2) is 15.2 Å². The molecule has 0 unspecified atom stereocenters. The van der Waals surface area contributed by atoms with Gasteiger partial charge in [-0.05, 0) is 19.1 Å². The van der Waals surface area contributed by atoms with Crippen molar-refractivity contribution in [1.29, 1.82) is 0 Å². The van der Waals surface area contributed by atoms with Crippen LogP contribution in [0.25, 0.3) is 11.3 Å². The Morgan fingerprint density at radius 1 is 1.13 bits per heavy atom. The maximum absolute atomic E-state index is 5.78. The Morgan fingerprint density at radius 3 is 2.40 bits per heavy atom. The van der Waals surface area contributed by atoms with Gasteiger partial charge in [-0.3, -0.25) is 0 Å². The summed E-state index contributed by atoms with van der Waals surface area (Å²) >= 11 is 5.78. The zero-order valence-corrected chi connectivity index (χ0v) is 8.86. The molecule has 2 aromatic rings.